The summed E-state index contributed by atoms with van der Waals surface area (Å²) in [6, 6.07) is 12.3. The van der Waals surface area contributed by atoms with Crippen LogP contribution in [0.4, 0.5) is 5.82 Å². The van der Waals surface area contributed by atoms with Crippen LogP contribution in [0.3, 0.4) is 0 Å². The van der Waals surface area contributed by atoms with E-state index in [2.05, 4.69) is 15.3 Å². The Labute approximate surface area is 167 Å². The van der Waals surface area contributed by atoms with Crippen molar-refractivity contribution in [2.75, 3.05) is 5.32 Å². The van der Waals surface area contributed by atoms with E-state index in [1.807, 2.05) is 38.1 Å². The second kappa shape index (κ2) is 8.35. The van der Waals surface area contributed by atoms with Gasteiger partial charge in [0.25, 0.3) is 5.91 Å². The number of anilines is 1. The molecule has 28 heavy (non-hydrogen) atoms. The summed E-state index contributed by atoms with van der Waals surface area (Å²) in [5, 5.41) is 3.74. The normalized spacial score (nSPS) is 12.0. The molecule has 0 fully saturated rings. The van der Waals surface area contributed by atoms with E-state index in [1.165, 1.54) is 13.1 Å². The fraction of sp³-hybridized carbons (Fsp3) is 0.238. The Balaban J connectivity index is 1.80. The van der Waals surface area contributed by atoms with Crippen molar-refractivity contribution in [2.45, 2.75) is 32.8 Å². The predicted octanol–water partition coefficient (Wildman–Crippen LogP) is 4.59. The Morgan fingerprint density at radius 1 is 1.11 bits per heavy atom. The van der Waals surface area contributed by atoms with Gasteiger partial charge in [-0.25, -0.2) is 9.78 Å². The van der Waals surface area contributed by atoms with Gasteiger partial charge in [-0.05, 0) is 37.1 Å². The number of amides is 1. The summed E-state index contributed by atoms with van der Waals surface area (Å²) in [7, 11) is 0. The van der Waals surface area contributed by atoms with E-state index in [0.717, 1.165) is 5.69 Å². The number of fused-ring (bicyclic) bond motifs is 1. The number of benzene rings is 1. The second-order valence-corrected chi connectivity index (χ2v) is 7.10. The van der Waals surface area contributed by atoms with Gasteiger partial charge in [0.2, 0.25) is 0 Å². The van der Waals surface area contributed by atoms with E-state index in [-0.39, 0.29) is 5.92 Å². The number of rotatable bonds is 5. The van der Waals surface area contributed by atoms with Crippen LogP contribution in [0.1, 0.15) is 42.7 Å². The molecule has 3 aromatic rings. The van der Waals surface area contributed by atoms with Crippen LogP contribution in [0, 0.1) is 0 Å². The number of carbonyl (C=O) groups excluding carboxylic acids is 2. The monoisotopic (exact) mass is 397 g/mol. The van der Waals surface area contributed by atoms with Crippen molar-refractivity contribution in [3.8, 4) is 0 Å². The van der Waals surface area contributed by atoms with Crippen molar-refractivity contribution in [2.24, 2.45) is 0 Å². The largest absolute Gasteiger partial charge is 0.449 e. The van der Waals surface area contributed by atoms with Gasteiger partial charge in [0.05, 0.1) is 16.1 Å². The van der Waals surface area contributed by atoms with Gasteiger partial charge in [0.1, 0.15) is 5.82 Å². The average molecular weight is 398 g/mol. The summed E-state index contributed by atoms with van der Waals surface area (Å²) < 4.78 is 5.40. The number of halogens is 1. The minimum atomic E-state index is -1.00. The van der Waals surface area contributed by atoms with Crippen molar-refractivity contribution >= 4 is 40.2 Å². The first-order valence-corrected chi connectivity index (χ1v) is 9.26. The number of hydrogen-bond acceptors (Lipinski definition) is 5. The fourth-order valence-electron chi connectivity index (χ4n) is 2.62. The summed E-state index contributed by atoms with van der Waals surface area (Å²) in [6.07, 6.45) is 0.420. The van der Waals surface area contributed by atoms with Crippen LogP contribution in [-0.4, -0.2) is 27.9 Å². The lowest BCUT2D eigenvalue weighted by atomic mass is 10.0. The van der Waals surface area contributed by atoms with E-state index in [9.17, 15) is 9.59 Å². The minimum Gasteiger partial charge on any atom is -0.449 e. The molecule has 3 rings (SSSR count). The van der Waals surface area contributed by atoms with E-state index in [0.29, 0.717) is 27.3 Å². The standard InChI is InChI=1S/C21H20ClN3O3/c1-12(2)18-10-16(15-6-4-5-7-17(15)24-18)21(27)28-13(3)20(26)25-19-9-8-14(22)11-23-19/h4-13H,1-3H3,(H,23,25,26). The molecule has 0 radical (unpaired) electrons. The van der Waals surface area contributed by atoms with E-state index in [4.69, 9.17) is 16.3 Å². The summed E-state index contributed by atoms with van der Waals surface area (Å²) >= 11 is 5.78. The Kier molecular flexibility index (Phi) is 5.90. The van der Waals surface area contributed by atoms with Crippen LogP contribution in [0.15, 0.2) is 48.7 Å². The Bertz CT molecular complexity index is 1020. The quantitative estimate of drug-likeness (QED) is 0.637. The zero-order valence-electron chi connectivity index (χ0n) is 15.8. The molecule has 6 nitrogen and oxygen atoms in total. The average Bonchev–Trinajstić information content (AvgIpc) is 2.68. The van der Waals surface area contributed by atoms with Crippen LogP contribution in [0.2, 0.25) is 5.02 Å². The van der Waals surface area contributed by atoms with Gasteiger partial charge < -0.3 is 10.1 Å². The van der Waals surface area contributed by atoms with E-state index in [1.54, 1.807) is 18.2 Å². The first kappa shape index (κ1) is 19.8. The molecule has 0 bridgehead atoms. The molecule has 2 heterocycles. The second-order valence-electron chi connectivity index (χ2n) is 6.66. The van der Waals surface area contributed by atoms with Gasteiger partial charge in [0, 0.05) is 17.3 Å². The maximum Gasteiger partial charge on any atom is 0.339 e. The van der Waals surface area contributed by atoms with Gasteiger partial charge in [-0.1, -0.05) is 43.6 Å². The van der Waals surface area contributed by atoms with Crippen LogP contribution >= 0.6 is 11.6 Å². The first-order valence-electron chi connectivity index (χ1n) is 8.88. The van der Waals surface area contributed by atoms with Crippen molar-refractivity contribution in [1.82, 2.24) is 9.97 Å². The molecule has 1 N–H and O–H groups in total. The molecule has 1 unspecified atom stereocenters. The topological polar surface area (TPSA) is 81.2 Å². The van der Waals surface area contributed by atoms with Crippen molar-refractivity contribution in [1.29, 1.82) is 0 Å². The summed E-state index contributed by atoms with van der Waals surface area (Å²) in [5.74, 6) is -0.584. The summed E-state index contributed by atoms with van der Waals surface area (Å²) in [6.45, 7) is 5.51. The van der Waals surface area contributed by atoms with E-state index >= 15 is 0 Å². The predicted molar refractivity (Wildman–Crippen MR) is 109 cm³/mol. The third-order valence-corrected chi connectivity index (χ3v) is 4.40. The Hall–Kier alpha value is -2.99. The van der Waals surface area contributed by atoms with Crippen LogP contribution in [-0.2, 0) is 9.53 Å². The zero-order valence-corrected chi connectivity index (χ0v) is 16.5. The third kappa shape index (κ3) is 4.46. The van der Waals surface area contributed by atoms with E-state index < -0.39 is 18.0 Å². The lowest BCUT2D eigenvalue weighted by Crippen LogP contribution is -2.30. The molecule has 144 valence electrons. The van der Waals surface area contributed by atoms with Gasteiger partial charge in [-0.2, -0.15) is 0 Å². The number of nitrogens with zero attached hydrogens (tertiary/aromatic N) is 2. The van der Waals surface area contributed by atoms with Gasteiger partial charge in [0.15, 0.2) is 6.10 Å². The minimum absolute atomic E-state index is 0.146. The third-order valence-electron chi connectivity index (χ3n) is 4.18. The smallest absolute Gasteiger partial charge is 0.339 e. The number of esters is 1. The van der Waals surface area contributed by atoms with Crippen LogP contribution in [0.5, 0.6) is 0 Å². The maximum absolute atomic E-state index is 12.8. The highest BCUT2D eigenvalue weighted by Crippen LogP contribution is 2.23. The highest BCUT2D eigenvalue weighted by Gasteiger charge is 2.22. The number of aromatic nitrogens is 2. The zero-order chi connectivity index (χ0) is 20.3. The Morgan fingerprint density at radius 3 is 2.54 bits per heavy atom. The highest BCUT2D eigenvalue weighted by atomic mass is 35.5. The van der Waals surface area contributed by atoms with Gasteiger partial charge in [-0.15, -0.1) is 0 Å². The molecule has 1 atom stereocenters. The molecule has 1 aromatic carbocycles. The number of nitrogens with one attached hydrogen (secondary N) is 1. The molecule has 0 spiro atoms. The SMILES string of the molecule is CC(OC(=O)c1cc(C(C)C)nc2ccccc12)C(=O)Nc1ccc(Cl)cn1. The number of hydrogen-bond donors (Lipinski definition) is 1. The molecule has 0 aliphatic carbocycles. The molecule has 0 saturated carbocycles. The molecule has 0 saturated heterocycles. The Morgan fingerprint density at radius 2 is 1.86 bits per heavy atom. The van der Waals surface area contributed by atoms with Crippen LogP contribution < -0.4 is 5.32 Å². The molecular formula is C21H20ClN3O3. The number of ether oxygens (including phenoxy) is 1. The molecule has 0 aliphatic heterocycles. The van der Waals surface area contributed by atoms with Crippen molar-refractivity contribution in [3.05, 3.63) is 64.9 Å². The van der Waals surface area contributed by atoms with Crippen molar-refractivity contribution < 1.29 is 14.3 Å². The van der Waals surface area contributed by atoms with Crippen molar-refractivity contribution in [3.63, 3.8) is 0 Å². The fourth-order valence-corrected chi connectivity index (χ4v) is 2.73. The summed E-state index contributed by atoms with van der Waals surface area (Å²) in [5.41, 5.74) is 1.88. The number of pyridine rings is 2. The lowest BCUT2D eigenvalue weighted by Gasteiger charge is -2.15. The molecule has 2 aromatic heterocycles. The lowest BCUT2D eigenvalue weighted by molar-refractivity contribution is -0.123. The molecule has 1 amide bonds. The maximum atomic E-state index is 12.8. The number of para-hydroxylation sites is 1. The van der Waals surface area contributed by atoms with Gasteiger partial charge in [-0.3, -0.25) is 9.78 Å². The van der Waals surface area contributed by atoms with Gasteiger partial charge >= 0.3 is 5.97 Å². The molecular weight excluding hydrogens is 378 g/mol. The first-order chi connectivity index (χ1) is 13.3. The van der Waals surface area contributed by atoms with Crippen LogP contribution in [0.25, 0.3) is 10.9 Å². The molecule has 7 heteroatoms. The molecule has 0 aliphatic rings. The highest BCUT2D eigenvalue weighted by molar-refractivity contribution is 6.30. The number of carbonyl (C=O) groups is 2. The summed E-state index contributed by atoms with van der Waals surface area (Å²) in [4.78, 5) is 33.7.